The molecule has 6 heteroatoms. The first-order valence-corrected chi connectivity index (χ1v) is 12.4. The van der Waals surface area contributed by atoms with E-state index in [1.54, 1.807) is 7.11 Å². The molecule has 1 saturated heterocycles. The summed E-state index contributed by atoms with van der Waals surface area (Å²) in [6.07, 6.45) is 11.2. The van der Waals surface area contributed by atoms with Crippen molar-refractivity contribution in [3.05, 3.63) is 0 Å². The second kappa shape index (κ2) is 9.95. The standard InChI is InChI=1S/C24H43N3O3/c1-24-11-10-18-4-3-5-19(28)14-17(16-30-2)6-7-20(18)21(24)8-9-22(24)23(29)15-27-13-12-25-26-27/h17-22,25-26,28H,3-16H2,1-2H3/t17?,18?,19-,20-,21+,22-,24+/m1/s1. The number of methoxy groups -OCH3 is 1. The second-order valence-electron chi connectivity index (χ2n) is 10.9. The highest BCUT2D eigenvalue weighted by Crippen LogP contribution is 2.61. The van der Waals surface area contributed by atoms with Gasteiger partial charge in [-0.15, -0.1) is 0 Å². The minimum absolute atomic E-state index is 0.169. The first-order valence-electron chi connectivity index (χ1n) is 12.4. The lowest BCUT2D eigenvalue weighted by Crippen LogP contribution is -2.47. The van der Waals surface area contributed by atoms with Gasteiger partial charge in [0.15, 0.2) is 5.78 Å². The lowest BCUT2D eigenvalue weighted by Gasteiger charge is -2.49. The molecular formula is C24H43N3O3. The van der Waals surface area contributed by atoms with Crippen molar-refractivity contribution in [3.8, 4) is 0 Å². The summed E-state index contributed by atoms with van der Waals surface area (Å²) in [4.78, 5) is 13.3. The zero-order valence-electron chi connectivity index (χ0n) is 19.1. The number of ketones is 1. The molecule has 3 aliphatic carbocycles. The molecule has 0 aromatic heterocycles. The zero-order valence-corrected chi connectivity index (χ0v) is 19.1. The highest BCUT2D eigenvalue weighted by atomic mass is 16.5. The van der Waals surface area contributed by atoms with Crippen LogP contribution in [0.4, 0.5) is 0 Å². The van der Waals surface area contributed by atoms with Gasteiger partial charge in [0, 0.05) is 32.7 Å². The van der Waals surface area contributed by atoms with Gasteiger partial charge in [0.25, 0.3) is 0 Å². The Morgan fingerprint density at radius 1 is 1.17 bits per heavy atom. The number of aliphatic hydroxyl groups is 1. The molecule has 0 radical (unpaired) electrons. The summed E-state index contributed by atoms with van der Waals surface area (Å²) in [5, 5.41) is 12.5. The van der Waals surface area contributed by atoms with E-state index < -0.39 is 0 Å². The van der Waals surface area contributed by atoms with Crippen molar-refractivity contribution in [1.82, 2.24) is 16.0 Å². The normalized spacial score (nSPS) is 43.2. The molecule has 3 saturated carbocycles. The Bertz CT molecular complexity index is 582. The summed E-state index contributed by atoms with van der Waals surface area (Å²) in [6.45, 7) is 5.53. The monoisotopic (exact) mass is 421 g/mol. The molecule has 0 spiro atoms. The van der Waals surface area contributed by atoms with Gasteiger partial charge < -0.3 is 9.84 Å². The maximum absolute atomic E-state index is 13.3. The average Bonchev–Trinajstić information content (AvgIpc) is 3.34. The SMILES string of the molecule is COCC1CC[C@@H]2C(CCC[C@@H](O)C1)CC[C@]1(C)[C@@H](C(=O)CN3CCNN3)CC[C@@H]21. The van der Waals surface area contributed by atoms with E-state index in [1.165, 1.54) is 32.1 Å². The van der Waals surface area contributed by atoms with E-state index in [1.807, 2.05) is 5.01 Å². The smallest absolute Gasteiger partial charge is 0.151 e. The van der Waals surface area contributed by atoms with Crippen molar-refractivity contribution < 1.29 is 14.6 Å². The molecule has 7 atom stereocenters. The van der Waals surface area contributed by atoms with E-state index in [-0.39, 0.29) is 17.4 Å². The van der Waals surface area contributed by atoms with E-state index in [0.29, 0.717) is 24.2 Å². The number of hydrogen-bond acceptors (Lipinski definition) is 6. The summed E-state index contributed by atoms with van der Waals surface area (Å²) in [5.41, 5.74) is 6.40. The van der Waals surface area contributed by atoms with Crippen LogP contribution in [0.5, 0.6) is 0 Å². The fourth-order valence-electron chi connectivity index (χ4n) is 7.57. The molecule has 0 aromatic carbocycles. The van der Waals surface area contributed by atoms with Crippen LogP contribution in [-0.4, -0.2) is 55.4 Å². The number of ether oxygens (including phenoxy) is 1. The Balaban J connectivity index is 1.46. The molecule has 30 heavy (non-hydrogen) atoms. The van der Waals surface area contributed by atoms with E-state index in [2.05, 4.69) is 17.9 Å². The molecule has 4 aliphatic rings. The van der Waals surface area contributed by atoms with Crippen LogP contribution in [-0.2, 0) is 9.53 Å². The van der Waals surface area contributed by atoms with Gasteiger partial charge in [0.05, 0.1) is 12.6 Å². The topological polar surface area (TPSA) is 73.8 Å². The average molecular weight is 422 g/mol. The number of carbonyl (C=O) groups excluding carboxylic acids is 1. The van der Waals surface area contributed by atoms with Gasteiger partial charge >= 0.3 is 0 Å². The van der Waals surface area contributed by atoms with Gasteiger partial charge in [-0.1, -0.05) is 19.8 Å². The molecule has 6 nitrogen and oxygen atoms in total. The molecule has 172 valence electrons. The molecular weight excluding hydrogens is 378 g/mol. The Hall–Kier alpha value is -0.530. The third-order valence-corrected chi connectivity index (χ3v) is 9.09. The molecule has 0 amide bonds. The number of aliphatic hydroxyl groups excluding tert-OH is 1. The van der Waals surface area contributed by atoms with Crippen LogP contribution in [0.3, 0.4) is 0 Å². The highest BCUT2D eigenvalue weighted by molar-refractivity contribution is 5.84. The van der Waals surface area contributed by atoms with Crippen molar-refractivity contribution in [2.24, 2.45) is 35.0 Å². The maximum Gasteiger partial charge on any atom is 0.151 e. The van der Waals surface area contributed by atoms with E-state index >= 15 is 0 Å². The number of nitrogens with one attached hydrogen (secondary N) is 2. The van der Waals surface area contributed by atoms with Crippen molar-refractivity contribution in [2.45, 2.75) is 77.2 Å². The van der Waals surface area contributed by atoms with Gasteiger partial charge in [0.2, 0.25) is 0 Å². The Morgan fingerprint density at radius 2 is 2.03 bits per heavy atom. The zero-order chi connectivity index (χ0) is 21.1. The van der Waals surface area contributed by atoms with E-state index in [4.69, 9.17) is 4.74 Å². The first-order chi connectivity index (χ1) is 14.5. The fraction of sp³-hybridized carbons (Fsp3) is 0.958. The van der Waals surface area contributed by atoms with Crippen LogP contribution in [0.1, 0.15) is 71.1 Å². The third kappa shape index (κ3) is 4.78. The van der Waals surface area contributed by atoms with Crippen LogP contribution in [0.2, 0.25) is 0 Å². The van der Waals surface area contributed by atoms with Crippen molar-refractivity contribution in [1.29, 1.82) is 0 Å². The van der Waals surface area contributed by atoms with Crippen molar-refractivity contribution >= 4 is 5.78 Å². The van der Waals surface area contributed by atoms with Gasteiger partial charge in [-0.2, -0.15) is 5.53 Å². The lowest BCUT2D eigenvalue weighted by atomic mass is 9.55. The molecule has 0 aromatic rings. The van der Waals surface area contributed by atoms with Gasteiger partial charge in [-0.05, 0) is 80.5 Å². The van der Waals surface area contributed by atoms with Crippen LogP contribution in [0.15, 0.2) is 0 Å². The van der Waals surface area contributed by atoms with Crippen LogP contribution in [0, 0.1) is 35.0 Å². The fourth-order valence-corrected chi connectivity index (χ4v) is 7.57. The Morgan fingerprint density at radius 3 is 2.80 bits per heavy atom. The number of fused-ring (bicyclic) bond motifs is 3. The minimum Gasteiger partial charge on any atom is -0.393 e. The molecule has 1 heterocycles. The highest BCUT2D eigenvalue weighted by Gasteiger charge is 2.55. The van der Waals surface area contributed by atoms with Crippen molar-refractivity contribution in [2.75, 3.05) is 33.4 Å². The first kappa shape index (κ1) is 22.7. The number of carbonyl (C=O) groups is 1. The summed E-state index contributed by atoms with van der Waals surface area (Å²) in [6, 6.07) is 0. The Kier molecular flexibility index (Phi) is 7.51. The predicted molar refractivity (Wildman–Crippen MR) is 117 cm³/mol. The molecule has 1 aliphatic heterocycles. The summed E-state index contributed by atoms with van der Waals surface area (Å²) in [7, 11) is 1.78. The molecule has 4 fully saturated rings. The van der Waals surface area contributed by atoms with Gasteiger partial charge in [-0.25, -0.2) is 10.4 Å². The summed E-state index contributed by atoms with van der Waals surface area (Å²) < 4.78 is 5.48. The predicted octanol–water partition coefficient (Wildman–Crippen LogP) is 2.92. The number of rotatable bonds is 5. The maximum atomic E-state index is 13.3. The summed E-state index contributed by atoms with van der Waals surface area (Å²) in [5.74, 6) is 3.32. The quantitative estimate of drug-likeness (QED) is 0.634. The largest absolute Gasteiger partial charge is 0.393 e. The lowest BCUT2D eigenvalue weighted by molar-refractivity contribution is -0.130. The van der Waals surface area contributed by atoms with Crippen LogP contribution < -0.4 is 11.0 Å². The third-order valence-electron chi connectivity index (χ3n) is 9.09. The molecule has 0 bridgehead atoms. The van der Waals surface area contributed by atoms with E-state index in [9.17, 15) is 9.90 Å². The molecule has 3 N–H and O–H groups in total. The van der Waals surface area contributed by atoms with Gasteiger partial charge in [-0.3, -0.25) is 4.79 Å². The number of nitrogens with zero attached hydrogens (tertiary/aromatic N) is 1. The van der Waals surface area contributed by atoms with Gasteiger partial charge in [0.1, 0.15) is 0 Å². The number of Topliss-reactive ketones (excluding diaryl/α,β-unsaturated/α-hetero) is 1. The summed E-state index contributed by atoms with van der Waals surface area (Å²) >= 11 is 0. The second-order valence-corrected chi connectivity index (χ2v) is 10.9. The van der Waals surface area contributed by atoms with Crippen molar-refractivity contribution in [3.63, 3.8) is 0 Å². The minimum atomic E-state index is -0.169. The molecule has 2 unspecified atom stereocenters. The Labute approximate surface area is 182 Å². The number of hydrazine groups is 2. The van der Waals surface area contributed by atoms with Crippen LogP contribution in [0.25, 0.3) is 0 Å². The molecule has 4 rings (SSSR count). The number of hydrogen-bond donors (Lipinski definition) is 3. The van der Waals surface area contributed by atoms with Crippen LogP contribution >= 0.6 is 0 Å². The van der Waals surface area contributed by atoms with E-state index in [0.717, 1.165) is 63.6 Å².